The third-order valence-electron chi connectivity index (χ3n) is 5.80. The standard InChI is InChI=1S/C23H29N5O4/c1-31-19-5-3-18(4-6-19)25-23(30)28-10-8-26(9-11-28)21-7-2-17(24)16-20(21)22(29)27-12-14-32-15-13-27/h2-7,16H,8-15,24H2,1H3,(H,25,30). The highest BCUT2D eigenvalue weighted by molar-refractivity contribution is 6.01. The van der Waals surface area contributed by atoms with Crippen LogP contribution in [0, 0.1) is 0 Å². The molecule has 2 aromatic carbocycles. The molecule has 9 heteroatoms. The number of benzene rings is 2. The Morgan fingerprint density at radius 1 is 0.938 bits per heavy atom. The molecule has 2 aliphatic rings. The van der Waals surface area contributed by atoms with Crippen LogP contribution in [0.15, 0.2) is 42.5 Å². The van der Waals surface area contributed by atoms with E-state index in [4.69, 9.17) is 15.2 Å². The topological polar surface area (TPSA) is 100 Å². The van der Waals surface area contributed by atoms with Gasteiger partial charge in [-0.05, 0) is 42.5 Å². The van der Waals surface area contributed by atoms with Crippen molar-refractivity contribution in [1.82, 2.24) is 9.80 Å². The van der Waals surface area contributed by atoms with Crippen LogP contribution < -0.4 is 20.7 Å². The number of amides is 3. The van der Waals surface area contributed by atoms with Crippen molar-refractivity contribution in [2.75, 3.05) is 75.5 Å². The second kappa shape index (κ2) is 9.78. The molecule has 2 aliphatic heterocycles. The van der Waals surface area contributed by atoms with Gasteiger partial charge < -0.3 is 35.2 Å². The quantitative estimate of drug-likeness (QED) is 0.708. The summed E-state index contributed by atoms with van der Waals surface area (Å²) >= 11 is 0. The third kappa shape index (κ3) is 4.88. The highest BCUT2D eigenvalue weighted by Crippen LogP contribution is 2.26. The molecule has 0 aliphatic carbocycles. The van der Waals surface area contributed by atoms with Crippen LogP contribution >= 0.6 is 0 Å². The molecular formula is C23H29N5O4. The lowest BCUT2D eigenvalue weighted by Crippen LogP contribution is -2.50. The molecule has 3 N–H and O–H groups in total. The number of anilines is 3. The Morgan fingerprint density at radius 3 is 2.28 bits per heavy atom. The van der Waals surface area contributed by atoms with Crippen molar-refractivity contribution in [2.45, 2.75) is 0 Å². The zero-order valence-corrected chi connectivity index (χ0v) is 18.3. The van der Waals surface area contributed by atoms with Crippen LogP contribution in [0.2, 0.25) is 0 Å². The lowest BCUT2D eigenvalue weighted by Gasteiger charge is -2.37. The first-order valence-electron chi connectivity index (χ1n) is 10.8. The lowest BCUT2D eigenvalue weighted by atomic mass is 10.1. The van der Waals surface area contributed by atoms with Crippen LogP contribution in [0.5, 0.6) is 5.75 Å². The molecule has 2 aromatic rings. The zero-order valence-electron chi connectivity index (χ0n) is 18.3. The van der Waals surface area contributed by atoms with Gasteiger partial charge in [-0.15, -0.1) is 0 Å². The summed E-state index contributed by atoms with van der Waals surface area (Å²) in [6, 6.07) is 12.6. The Balaban J connectivity index is 1.40. The van der Waals surface area contributed by atoms with Crippen molar-refractivity contribution in [3.8, 4) is 5.75 Å². The summed E-state index contributed by atoms with van der Waals surface area (Å²) in [4.78, 5) is 31.5. The maximum atomic E-state index is 13.1. The second-order valence-corrected chi connectivity index (χ2v) is 7.81. The van der Waals surface area contributed by atoms with Gasteiger partial charge in [-0.2, -0.15) is 0 Å². The minimum Gasteiger partial charge on any atom is -0.497 e. The number of hydrogen-bond acceptors (Lipinski definition) is 6. The maximum absolute atomic E-state index is 13.1. The minimum absolute atomic E-state index is 0.0321. The minimum atomic E-state index is -0.142. The van der Waals surface area contributed by atoms with E-state index in [1.54, 1.807) is 23.0 Å². The molecule has 0 atom stereocenters. The number of carbonyl (C=O) groups is 2. The van der Waals surface area contributed by atoms with Crippen LogP contribution in [0.25, 0.3) is 0 Å². The SMILES string of the molecule is COc1ccc(NC(=O)N2CCN(c3ccc(N)cc3C(=O)N3CCOCC3)CC2)cc1. The summed E-state index contributed by atoms with van der Waals surface area (Å²) in [5.74, 6) is 0.706. The number of piperazine rings is 1. The van der Waals surface area contributed by atoms with Gasteiger partial charge in [-0.25, -0.2) is 4.79 Å². The average Bonchev–Trinajstić information content (AvgIpc) is 2.84. The Kier molecular flexibility index (Phi) is 6.65. The summed E-state index contributed by atoms with van der Waals surface area (Å²) in [6.07, 6.45) is 0. The van der Waals surface area contributed by atoms with E-state index in [-0.39, 0.29) is 11.9 Å². The molecule has 3 amide bonds. The molecule has 2 saturated heterocycles. The summed E-state index contributed by atoms with van der Waals surface area (Å²) in [5.41, 5.74) is 8.72. The van der Waals surface area contributed by atoms with Gasteiger partial charge in [0, 0.05) is 56.3 Å². The fraction of sp³-hybridized carbons (Fsp3) is 0.391. The summed E-state index contributed by atoms with van der Waals surface area (Å²) in [7, 11) is 1.61. The first kappa shape index (κ1) is 21.8. The number of methoxy groups -OCH3 is 1. The molecule has 0 aromatic heterocycles. The fourth-order valence-electron chi connectivity index (χ4n) is 3.96. The number of nitrogens with zero attached hydrogens (tertiary/aromatic N) is 3. The van der Waals surface area contributed by atoms with Crippen molar-refractivity contribution in [1.29, 1.82) is 0 Å². The van der Waals surface area contributed by atoms with Gasteiger partial charge in [-0.3, -0.25) is 4.79 Å². The van der Waals surface area contributed by atoms with Crippen LogP contribution in [0.3, 0.4) is 0 Å². The molecule has 0 saturated carbocycles. The van der Waals surface area contributed by atoms with Crippen LogP contribution in [-0.4, -0.2) is 81.3 Å². The number of ether oxygens (including phenoxy) is 2. The molecule has 0 unspecified atom stereocenters. The Morgan fingerprint density at radius 2 is 1.62 bits per heavy atom. The lowest BCUT2D eigenvalue weighted by molar-refractivity contribution is 0.0303. The molecule has 0 spiro atoms. The largest absolute Gasteiger partial charge is 0.497 e. The third-order valence-corrected chi connectivity index (χ3v) is 5.80. The summed E-state index contributed by atoms with van der Waals surface area (Å²) < 4.78 is 10.5. The van der Waals surface area contributed by atoms with Crippen LogP contribution in [0.4, 0.5) is 21.9 Å². The van der Waals surface area contributed by atoms with Crippen LogP contribution in [-0.2, 0) is 4.74 Å². The van der Waals surface area contributed by atoms with Gasteiger partial charge >= 0.3 is 6.03 Å². The fourth-order valence-corrected chi connectivity index (χ4v) is 3.96. The predicted molar refractivity (Wildman–Crippen MR) is 123 cm³/mol. The molecular weight excluding hydrogens is 410 g/mol. The number of carbonyl (C=O) groups excluding carboxylic acids is 2. The molecule has 32 heavy (non-hydrogen) atoms. The van der Waals surface area contributed by atoms with Crippen LogP contribution in [0.1, 0.15) is 10.4 Å². The number of rotatable bonds is 4. The normalized spacial score (nSPS) is 16.6. The van der Waals surface area contributed by atoms with E-state index in [1.807, 2.05) is 36.4 Å². The van der Waals surface area contributed by atoms with E-state index in [0.717, 1.165) is 17.1 Å². The highest BCUT2D eigenvalue weighted by atomic mass is 16.5. The van der Waals surface area contributed by atoms with Gasteiger partial charge in [0.25, 0.3) is 5.91 Å². The van der Waals surface area contributed by atoms with Crippen molar-refractivity contribution in [3.63, 3.8) is 0 Å². The number of nitrogens with one attached hydrogen (secondary N) is 1. The van der Waals surface area contributed by atoms with E-state index < -0.39 is 0 Å². The molecule has 9 nitrogen and oxygen atoms in total. The average molecular weight is 440 g/mol. The number of hydrogen-bond donors (Lipinski definition) is 2. The highest BCUT2D eigenvalue weighted by Gasteiger charge is 2.27. The Bertz CT molecular complexity index is 951. The molecule has 4 rings (SSSR count). The predicted octanol–water partition coefficient (Wildman–Crippen LogP) is 2.10. The Hall–Kier alpha value is -3.46. The van der Waals surface area contributed by atoms with E-state index in [2.05, 4.69) is 10.2 Å². The van der Waals surface area contributed by atoms with Crippen molar-refractivity contribution < 1.29 is 19.1 Å². The van der Waals surface area contributed by atoms with E-state index in [1.165, 1.54) is 0 Å². The summed E-state index contributed by atoms with van der Waals surface area (Å²) in [5, 5.41) is 2.92. The number of urea groups is 1. The molecule has 0 bridgehead atoms. The number of morpholine rings is 1. The van der Waals surface area contributed by atoms with Gasteiger partial charge in [0.1, 0.15) is 5.75 Å². The molecule has 0 radical (unpaired) electrons. The second-order valence-electron chi connectivity index (χ2n) is 7.81. The van der Waals surface area contributed by atoms with Gasteiger partial charge in [0.15, 0.2) is 0 Å². The van der Waals surface area contributed by atoms with E-state index >= 15 is 0 Å². The van der Waals surface area contributed by atoms with Crippen molar-refractivity contribution in [2.24, 2.45) is 0 Å². The first-order valence-corrected chi connectivity index (χ1v) is 10.8. The van der Waals surface area contributed by atoms with Crippen molar-refractivity contribution >= 4 is 29.0 Å². The van der Waals surface area contributed by atoms with Gasteiger partial charge in [0.05, 0.1) is 25.9 Å². The smallest absolute Gasteiger partial charge is 0.321 e. The zero-order chi connectivity index (χ0) is 22.5. The van der Waals surface area contributed by atoms with Gasteiger partial charge in [-0.1, -0.05) is 0 Å². The number of nitrogens with two attached hydrogens (primary N) is 1. The molecule has 2 fully saturated rings. The number of nitrogen functional groups attached to an aromatic ring is 1. The summed E-state index contributed by atoms with van der Waals surface area (Å²) in [6.45, 7) is 4.61. The molecule has 170 valence electrons. The first-order chi connectivity index (χ1) is 15.5. The Labute approximate surface area is 187 Å². The van der Waals surface area contributed by atoms with Gasteiger partial charge in [0.2, 0.25) is 0 Å². The monoisotopic (exact) mass is 439 g/mol. The maximum Gasteiger partial charge on any atom is 0.321 e. The van der Waals surface area contributed by atoms with E-state index in [0.29, 0.717) is 63.7 Å². The van der Waals surface area contributed by atoms with Crippen molar-refractivity contribution in [3.05, 3.63) is 48.0 Å². The molecule has 2 heterocycles. The van der Waals surface area contributed by atoms with E-state index in [9.17, 15) is 9.59 Å².